The van der Waals surface area contributed by atoms with Gasteiger partial charge in [0.2, 0.25) is 11.8 Å². The lowest BCUT2D eigenvalue weighted by Crippen LogP contribution is -2.37. The Hall–Kier alpha value is -3.12. The zero-order valence-electron chi connectivity index (χ0n) is 14.4. The Morgan fingerprint density at radius 2 is 1.81 bits per heavy atom. The lowest BCUT2D eigenvalue weighted by atomic mass is 10.1. The molecule has 7 heteroatoms. The van der Waals surface area contributed by atoms with Crippen LogP contribution >= 0.6 is 11.6 Å². The first-order valence-electron chi connectivity index (χ1n) is 8.37. The molecule has 6 nitrogen and oxygen atoms in total. The minimum Gasteiger partial charge on any atom is -0.441 e. The summed E-state index contributed by atoms with van der Waals surface area (Å²) < 4.78 is 5.67. The average molecular weight is 384 g/mol. The summed E-state index contributed by atoms with van der Waals surface area (Å²) in [5.74, 6) is 0.108. The summed E-state index contributed by atoms with van der Waals surface area (Å²) >= 11 is 5.87. The number of aromatic nitrogens is 1. The van der Waals surface area contributed by atoms with Crippen LogP contribution in [-0.2, 0) is 16.0 Å². The molecule has 3 rings (SSSR count). The highest BCUT2D eigenvalue weighted by atomic mass is 35.5. The largest absolute Gasteiger partial charge is 0.441 e. The van der Waals surface area contributed by atoms with Crippen LogP contribution in [0.4, 0.5) is 0 Å². The predicted molar refractivity (Wildman–Crippen MR) is 102 cm³/mol. The van der Waals surface area contributed by atoms with Crippen LogP contribution < -0.4 is 11.1 Å². The second kappa shape index (κ2) is 8.51. The van der Waals surface area contributed by atoms with Crippen LogP contribution in [0.2, 0.25) is 5.02 Å². The Bertz CT molecular complexity index is 923. The van der Waals surface area contributed by atoms with E-state index in [9.17, 15) is 9.59 Å². The fourth-order valence-electron chi connectivity index (χ4n) is 2.59. The molecule has 1 atom stereocenters. The van der Waals surface area contributed by atoms with Crippen molar-refractivity contribution < 1.29 is 14.0 Å². The number of nitrogens with zero attached hydrogens (tertiary/aromatic N) is 1. The first kappa shape index (κ1) is 18.7. The monoisotopic (exact) mass is 383 g/mol. The van der Waals surface area contributed by atoms with Gasteiger partial charge in [0.1, 0.15) is 6.04 Å². The second-order valence-corrected chi connectivity index (χ2v) is 6.38. The Labute approximate surface area is 161 Å². The van der Waals surface area contributed by atoms with Crippen LogP contribution in [-0.4, -0.2) is 16.8 Å². The van der Waals surface area contributed by atoms with Gasteiger partial charge < -0.3 is 15.5 Å². The van der Waals surface area contributed by atoms with E-state index in [0.717, 1.165) is 5.56 Å². The molecule has 0 fully saturated rings. The van der Waals surface area contributed by atoms with Gasteiger partial charge in [0.25, 0.3) is 0 Å². The van der Waals surface area contributed by atoms with Crippen molar-refractivity contribution in [3.63, 3.8) is 0 Å². The minimum absolute atomic E-state index is 0.122. The summed E-state index contributed by atoms with van der Waals surface area (Å²) in [5.41, 5.74) is 6.89. The predicted octanol–water partition coefficient (Wildman–Crippen LogP) is 3.27. The third-order valence-electron chi connectivity index (χ3n) is 3.97. The topological polar surface area (TPSA) is 98.2 Å². The molecule has 0 aliphatic rings. The summed E-state index contributed by atoms with van der Waals surface area (Å²) in [5, 5.41) is 3.29. The molecule has 0 saturated carbocycles. The summed E-state index contributed by atoms with van der Waals surface area (Å²) in [4.78, 5) is 28.1. The third kappa shape index (κ3) is 4.95. The van der Waals surface area contributed by atoms with Crippen molar-refractivity contribution >= 4 is 23.4 Å². The molecule has 0 saturated heterocycles. The van der Waals surface area contributed by atoms with Crippen molar-refractivity contribution in [1.29, 1.82) is 0 Å². The fourth-order valence-corrected chi connectivity index (χ4v) is 2.72. The number of nitrogens with one attached hydrogen (secondary N) is 1. The summed E-state index contributed by atoms with van der Waals surface area (Å²) in [6, 6.07) is 15.2. The number of amides is 2. The molecule has 0 aliphatic carbocycles. The van der Waals surface area contributed by atoms with Crippen LogP contribution in [0, 0.1) is 0 Å². The number of nitrogens with two attached hydrogens (primary N) is 1. The first-order chi connectivity index (χ1) is 13.0. The first-order valence-corrected chi connectivity index (χ1v) is 8.75. The molecule has 3 aromatic rings. The number of carbonyl (C=O) groups is 2. The van der Waals surface area contributed by atoms with E-state index in [-0.39, 0.29) is 12.3 Å². The summed E-state index contributed by atoms with van der Waals surface area (Å²) in [6.45, 7) is 0. The maximum atomic E-state index is 12.2. The smallest absolute Gasteiger partial charge is 0.244 e. The van der Waals surface area contributed by atoms with Crippen molar-refractivity contribution in [2.24, 2.45) is 5.73 Å². The van der Waals surface area contributed by atoms with Crippen LogP contribution in [0.15, 0.2) is 65.2 Å². The van der Waals surface area contributed by atoms with E-state index in [1.165, 1.54) is 0 Å². The molecular formula is C20H18ClN3O3. The average Bonchev–Trinajstić information content (AvgIpc) is 3.14. The van der Waals surface area contributed by atoms with E-state index in [2.05, 4.69) is 10.3 Å². The Balaban J connectivity index is 1.59. The number of hydrogen-bond donors (Lipinski definition) is 2. The molecule has 0 unspecified atom stereocenters. The van der Waals surface area contributed by atoms with Gasteiger partial charge in [-0.1, -0.05) is 41.9 Å². The maximum Gasteiger partial charge on any atom is 0.244 e. The normalized spacial score (nSPS) is 11.7. The second-order valence-electron chi connectivity index (χ2n) is 5.94. The van der Waals surface area contributed by atoms with Gasteiger partial charge in [0, 0.05) is 23.4 Å². The molecule has 0 spiro atoms. The quantitative estimate of drug-likeness (QED) is 0.654. The van der Waals surface area contributed by atoms with Gasteiger partial charge in [-0.2, -0.15) is 0 Å². The van der Waals surface area contributed by atoms with Gasteiger partial charge in [-0.15, -0.1) is 0 Å². The van der Waals surface area contributed by atoms with E-state index in [1.807, 2.05) is 18.2 Å². The van der Waals surface area contributed by atoms with E-state index in [1.54, 1.807) is 42.6 Å². The van der Waals surface area contributed by atoms with Crippen molar-refractivity contribution in [1.82, 2.24) is 10.3 Å². The molecule has 27 heavy (non-hydrogen) atoms. The molecule has 1 aromatic heterocycles. The zero-order valence-corrected chi connectivity index (χ0v) is 15.1. The van der Waals surface area contributed by atoms with E-state index in [0.29, 0.717) is 28.7 Å². The molecule has 3 N–H and O–H groups in total. The maximum absolute atomic E-state index is 12.2. The van der Waals surface area contributed by atoms with Crippen molar-refractivity contribution in [3.05, 3.63) is 77.3 Å². The van der Waals surface area contributed by atoms with Crippen LogP contribution in [0.5, 0.6) is 0 Å². The van der Waals surface area contributed by atoms with Crippen LogP contribution in [0.25, 0.3) is 11.3 Å². The number of carbonyl (C=O) groups excluding carboxylic acids is 2. The fraction of sp³-hybridized carbons (Fsp3) is 0.150. The van der Waals surface area contributed by atoms with Gasteiger partial charge in [0.15, 0.2) is 11.7 Å². The zero-order chi connectivity index (χ0) is 19.2. The molecule has 2 amide bonds. The number of aryl methyl sites for hydroxylation is 1. The van der Waals surface area contributed by atoms with Crippen LogP contribution in [0.1, 0.15) is 23.9 Å². The molecule has 138 valence electrons. The van der Waals surface area contributed by atoms with Gasteiger partial charge in [-0.3, -0.25) is 9.59 Å². The molecular weight excluding hydrogens is 366 g/mol. The lowest BCUT2D eigenvalue weighted by Gasteiger charge is -2.15. The summed E-state index contributed by atoms with van der Waals surface area (Å²) in [6.07, 6.45) is 2.03. The Morgan fingerprint density at radius 1 is 1.11 bits per heavy atom. The van der Waals surface area contributed by atoms with E-state index in [4.69, 9.17) is 21.8 Å². The number of hydrogen-bond acceptors (Lipinski definition) is 4. The number of rotatable bonds is 7. The summed E-state index contributed by atoms with van der Waals surface area (Å²) in [7, 11) is 0. The Kier molecular flexibility index (Phi) is 5.88. The van der Waals surface area contributed by atoms with Crippen molar-refractivity contribution in [2.75, 3.05) is 0 Å². The van der Waals surface area contributed by atoms with Gasteiger partial charge in [-0.25, -0.2) is 4.98 Å². The van der Waals surface area contributed by atoms with Crippen molar-refractivity contribution in [3.8, 4) is 11.3 Å². The number of halogens is 1. The Morgan fingerprint density at radius 3 is 2.48 bits per heavy atom. The molecule has 0 radical (unpaired) electrons. The SMILES string of the molecule is NC(=O)[C@@H](NC(=O)CCc1ncc(-c2ccc(Cl)cc2)o1)c1ccccc1. The van der Waals surface area contributed by atoms with E-state index >= 15 is 0 Å². The van der Waals surface area contributed by atoms with Crippen molar-refractivity contribution in [2.45, 2.75) is 18.9 Å². The highest BCUT2D eigenvalue weighted by Gasteiger charge is 2.20. The standard InChI is InChI=1S/C20H18ClN3O3/c21-15-8-6-13(7-9-15)16-12-23-18(27-16)11-10-17(25)24-19(20(22)26)14-4-2-1-3-5-14/h1-9,12,19H,10-11H2,(H2,22,26)(H,24,25)/t19-/m0/s1. The highest BCUT2D eigenvalue weighted by Crippen LogP contribution is 2.22. The molecule has 0 bridgehead atoms. The van der Waals surface area contributed by atoms with Gasteiger partial charge in [0.05, 0.1) is 6.20 Å². The number of primary amides is 1. The number of oxazole rings is 1. The van der Waals surface area contributed by atoms with Crippen LogP contribution in [0.3, 0.4) is 0 Å². The van der Waals surface area contributed by atoms with Gasteiger partial charge >= 0.3 is 0 Å². The lowest BCUT2D eigenvalue weighted by molar-refractivity contribution is -0.127. The highest BCUT2D eigenvalue weighted by molar-refractivity contribution is 6.30. The number of benzene rings is 2. The molecule has 1 heterocycles. The molecule has 2 aromatic carbocycles. The van der Waals surface area contributed by atoms with Gasteiger partial charge in [-0.05, 0) is 29.8 Å². The minimum atomic E-state index is -0.868. The third-order valence-corrected chi connectivity index (χ3v) is 4.22. The molecule has 0 aliphatic heterocycles. The van der Waals surface area contributed by atoms with E-state index < -0.39 is 11.9 Å².